The Balaban J connectivity index is 1.85. The summed E-state index contributed by atoms with van der Waals surface area (Å²) >= 11 is 0. The first-order chi connectivity index (χ1) is 11.5. The minimum atomic E-state index is -0.874. The van der Waals surface area contributed by atoms with E-state index in [0.717, 1.165) is 11.6 Å². The second-order valence-corrected chi connectivity index (χ2v) is 4.86. The van der Waals surface area contributed by atoms with Crippen molar-refractivity contribution in [2.45, 2.75) is 0 Å². The number of benzene rings is 1. The van der Waals surface area contributed by atoms with Crippen molar-refractivity contribution in [1.29, 1.82) is 0 Å². The van der Waals surface area contributed by atoms with Crippen LogP contribution in [-0.4, -0.2) is 25.8 Å². The molecular weight excluding hydrogens is 315 g/mol. The maximum absolute atomic E-state index is 13.6. The van der Waals surface area contributed by atoms with Crippen molar-refractivity contribution in [2.75, 3.05) is 5.32 Å². The lowest BCUT2D eigenvalue weighted by atomic mass is 10.2. The van der Waals surface area contributed by atoms with Crippen molar-refractivity contribution in [3.8, 4) is 23.0 Å². The smallest absolute Gasteiger partial charge is 0.322 e. The molecule has 0 saturated heterocycles. The van der Waals surface area contributed by atoms with Crippen LogP contribution in [-0.2, 0) is 7.05 Å². The Bertz CT molecular complexity index is 895. The van der Waals surface area contributed by atoms with E-state index in [0.29, 0.717) is 5.69 Å². The number of hydrogen-bond acceptors (Lipinski definition) is 5. The number of amides is 2. The molecular formula is C15H13FN6O2. The van der Waals surface area contributed by atoms with Gasteiger partial charge in [-0.1, -0.05) is 0 Å². The van der Waals surface area contributed by atoms with Crippen molar-refractivity contribution in [3.05, 3.63) is 48.7 Å². The van der Waals surface area contributed by atoms with Crippen molar-refractivity contribution in [3.63, 3.8) is 0 Å². The minimum Gasteiger partial charge on any atom is -0.424 e. The van der Waals surface area contributed by atoms with Crippen LogP contribution in [0.4, 0.5) is 14.9 Å². The summed E-state index contributed by atoms with van der Waals surface area (Å²) in [5.41, 5.74) is 6.33. The molecule has 0 unspecified atom stereocenters. The van der Waals surface area contributed by atoms with E-state index in [1.54, 1.807) is 30.2 Å². The number of nitrogens with one attached hydrogen (secondary N) is 1. The Hall–Kier alpha value is -3.49. The highest BCUT2D eigenvalue weighted by molar-refractivity contribution is 5.88. The summed E-state index contributed by atoms with van der Waals surface area (Å²) in [5, 5.41) is 6.25. The minimum absolute atomic E-state index is 0.0768. The van der Waals surface area contributed by atoms with Gasteiger partial charge in [-0.15, -0.1) is 0 Å². The molecule has 24 heavy (non-hydrogen) atoms. The number of carbonyl (C=O) groups is 1. The highest BCUT2D eigenvalue weighted by atomic mass is 19.1. The van der Waals surface area contributed by atoms with Crippen LogP contribution in [0.15, 0.2) is 42.9 Å². The Morgan fingerprint density at radius 3 is 2.92 bits per heavy atom. The zero-order valence-corrected chi connectivity index (χ0v) is 12.6. The molecule has 0 aliphatic heterocycles. The van der Waals surface area contributed by atoms with Crippen molar-refractivity contribution < 1.29 is 13.9 Å². The Morgan fingerprint density at radius 2 is 2.21 bits per heavy atom. The number of primary amides is 1. The number of anilines is 1. The van der Waals surface area contributed by atoms with E-state index in [1.165, 1.54) is 18.3 Å². The lowest BCUT2D eigenvalue weighted by Gasteiger charge is -2.08. The first-order valence-corrected chi connectivity index (χ1v) is 6.87. The van der Waals surface area contributed by atoms with E-state index in [9.17, 15) is 9.18 Å². The third kappa shape index (κ3) is 3.46. The fourth-order valence-corrected chi connectivity index (χ4v) is 2.01. The number of aryl methyl sites for hydroxylation is 1. The van der Waals surface area contributed by atoms with Gasteiger partial charge in [0.15, 0.2) is 0 Å². The van der Waals surface area contributed by atoms with Gasteiger partial charge < -0.3 is 15.8 Å². The van der Waals surface area contributed by atoms with Crippen molar-refractivity contribution in [2.24, 2.45) is 12.8 Å². The van der Waals surface area contributed by atoms with Gasteiger partial charge in [-0.25, -0.2) is 14.2 Å². The van der Waals surface area contributed by atoms with Gasteiger partial charge in [0, 0.05) is 31.1 Å². The summed E-state index contributed by atoms with van der Waals surface area (Å²) in [5.74, 6) is -0.380. The maximum Gasteiger partial charge on any atom is 0.322 e. The zero-order chi connectivity index (χ0) is 17.1. The molecule has 0 saturated carbocycles. The SMILES string of the molecule is Cn1cc(-c2ccnc(Oc3ccc(F)c(NC(N)=O)c3)n2)cn1. The van der Waals surface area contributed by atoms with Gasteiger partial charge in [0.1, 0.15) is 11.6 Å². The van der Waals surface area contributed by atoms with Crippen LogP contribution < -0.4 is 15.8 Å². The van der Waals surface area contributed by atoms with E-state index < -0.39 is 11.8 Å². The highest BCUT2D eigenvalue weighted by Crippen LogP contribution is 2.25. The fraction of sp³-hybridized carbons (Fsp3) is 0.0667. The quantitative estimate of drug-likeness (QED) is 0.764. The van der Waals surface area contributed by atoms with Crippen LogP contribution in [0.5, 0.6) is 11.8 Å². The summed E-state index contributed by atoms with van der Waals surface area (Å²) < 4.78 is 20.8. The second kappa shape index (κ2) is 6.32. The molecule has 0 aliphatic carbocycles. The normalized spacial score (nSPS) is 10.4. The number of rotatable bonds is 4. The second-order valence-electron chi connectivity index (χ2n) is 4.86. The van der Waals surface area contributed by atoms with E-state index in [4.69, 9.17) is 10.5 Å². The Kier molecular flexibility index (Phi) is 4.06. The molecule has 0 radical (unpaired) electrons. The van der Waals surface area contributed by atoms with E-state index in [-0.39, 0.29) is 17.4 Å². The zero-order valence-electron chi connectivity index (χ0n) is 12.6. The first kappa shape index (κ1) is 15.4. The van der Waals surface area contributed by atoms with Gasteiger partial charge in [-0.05, 0) is 18.2 Å². The summed E-state index contributed by atoms with van der Waals surface area (Å²) in [6, 6.07) is 4.75. The number of halogens is 1. The lowest BCUT2D eigenvalue weighted by Crippen LogP contribution is -2.20. The first-order valence-electron chi connectivity index (χ1n) is 6.87. The molecule has 2 amide bonds. The summed E-state index contributed by atoms with van der Waals surface area (Å²) in [7, 11) is 1.80. The molecule has 0 bridgehead atoms. The molecule has 3 aromatic rings. The molecule has 1 aromatic carbocycles. The van der Waals surface area contributed by atoms with Crippen molar-refractivity contribution >= 4 is 11.7 Å². The number of urea groups is 1. The molecule has 0 aliphatic rings. The average Bonchev–Trinajstić information content (AvgIpc) is 2.97. The predicted molar refractivity (Wildman–Crippen MR) is 83.9 cm³/mol. The molecule has 0 spiro atoms. The van der Waals surface area contributed by atoms with E-state index in [2.05, 4.69) is 20.4 Å². The molecule has 3 N–H and O–H groups in total. The number of ether oxygens (including phenoxy) is 1. The largest absolute Gasteiger partial charge is 0.424 e. The Labute approximate surface area is 136 Å². The van der Waals surface area contributed by atoms with Gasteiger partial charge >= 0.3 is 12.0 Å². The lowest BCUT2D eigenvalue weighted by molar-refractivity contribution is 0.259. The topological polar surface area (TPSA) is 108 Å². The molecule has 2 heterocycles. The number of nitrogens with two attached hydrogens (primary N) is 1. The fourth-order valence-electron chi connectivity index (χ4n) is 2.01. The van der Waals surface area contributed by atoms with Crippen LogP contribution in [0.1, 0.15) is 0 Å². The third-order valence-corrected chi connectivity index (χ3v) is 3.04. The van der Waals surface area contributed by atoms with E-state index >= 15 is 0 Å². The van der Waals surface area contributed by atoms with Gasteiger partial charge in [-0.2, -0.15) is 10.1 Å². The summed E-state index contributed by atoms with van der Waals surface area (Å²) in [4.78, 5) is 19.2. The molecule has 8 nitrogen and oxygen atoms in total. The number of aromatic nitrogens is 4. The monoisotopic (exact) mass is 328 g/mol. The molecule has 2 aromatic heterocycles. The van der Waals surface area contributed by atoms with Crippen LogP contribution >= 0.6 is 0 Å². The molecule has 0 atom stereocenters. The third-order valence-electron chi connectivity index (χ3n) is 3.04. The molecule has 0 fully saturated rings. The maximum atomic E-state index is 13.6. The van der Waals surface area contributed by atoms with Crippen LogP contribution in [0.3, 0.4) is 0 Å². The van der Waals surface area contributed by atoms with Gasteiger partial charge in [0.2, 0.25) is 0 Å². The van der Waals surface area contributed by atoms with Gasteiger partial charge in [-0.3, -0.25) is 4.68 Å². The summed E-state index contributed by atoms with van der Waals surface area (Å²) in [6.07, 6.45) is 5.01. The van der Waals surface area contributed by atoms with Crippen LogP contribution in [0.2, 0.25) is 0 Å². The summed E-state index contributed by atoms with van der Waals surface area (Å²) in [6.45, 7) is 0. The van der Waals surface area contributed by atoms with Crippen LogP contribution in [0, 0.1) is 5.82 Å². The van der Waals surface area contributed by atoms with Crippen LogP contribution in [0.25, 0.3) is 11.3 Å². The highest BCUT2D eigenvalue weighted by Gasteiger charge is 2.09. The van der Waals surface area contributed by atoms with Crippen molar-refractivity contribution in [1.82, 2.24) is 19.7 Å². The molecule has 9 heteroatoms. The standard InChI is InChI=1S/C15H13FN6O2/c1-22-8-9(7-19-22)12-4-5-18-15(21-12)24-10-2-3-11(16)13(6-10)20-14(17)23/h2-8H,1H3,(H3,17,20,23). The number of hydrogen-bond donors (Lipinski definition) is 2. The number of nitrogens with zero attached hydrogens (tertiary/aromatic N) is 4. The predicted octanol–water partition coefficient (Wildman–Crippen LogP) is 2.30. The average molecular weight is 328 g/mol. The Morgan fingerprint density at radius 1 is 1.38 bits per heavy atom. The van der Waals surface area contributed by atoms with Gasteiger partial charge in [0.25, 0.3) is 0 Å². The molecule has 122 valence electrons. The molecule has 3 rings (SSSR count). The number of carbonyl (C=O) groups excluding carboxylic acids is 1. The van der Waals surface area contributed by atoms with Gasteiger partial charge in [0.05, 0.1) is 17.6 Å². The van der Waals surface area contributed by atoms with E-state index in [1.807, 2.05) is 0 Å².